The first-order valence-corrected chi connectivity index (χ1v) is 8.00. The SMILES string of the molecule is Cc1cccc(C)c1NC(=O)COC(=O)/C=C/c1c(C)nn(C)c1C. The van der Waals surface area contributed by atoms with Gasteiger partial charge in [-0.1, -0.05) is 18.2 Å². The zero-order valence-corrected chi connectivity index (χ0v) is 15.2. The molecule has 2 aromatic rings. The summed E-state index contributed by atoms with van der Waals surface area (Å²) >= 11 is 0. The van der Waals surface area contributed by atoms with Gasteiger partial charge < -0.3 is 10.1 Å². The van der Waals surface area contributed by atoms with Gasteiger partial charge in [-0.25, -0.2) is 4.79 Å². The fraction of sp³-hybridized carbons (Fsp3) is 0.316. The van der Waals surface area contributed by atoms with Crippen LogP contribution in [-0.2, 0) is 21.4 Å². The van der Waals surface area contributed by atoms with Gasteiger partial charge in [0.2, 0.25) is 0 Å². The molecule has 0 fully saturated rings. The summed E-state index contributed by atoms with van der Waals surface area (Å²) in [5, 5.41) is 7.05. The first kappa shape index (κ1) is 18.4. The Morgan fingerprint density at radius 2 is 1.84 bits per heavy atom. The third-order valence-corrected chi connectivity index (χ3v) is 4.04. The Morgan fingerprint density at radius 1 is 1.20 bits per heavy atom. The third-order valence-electron chi connectivity index (χ3n) is 4.04. The Kier molecular flexibility index (Phi) is 5.75. The lowest BCUT2D eigenvalue weighted by Crippen LogP contribution is -2.21. The number of amides is 1. The van der Waals surface area contributed by atoms with Crippen molar-refractivity contribution in [2.75, 3.05) is 11.9 Å². The summed E-state index contributed by atoms with van der Waals surface area (Å²) in [4.78, 5) is 23.8. The maximum absolute atomic E-state index is 12.0. The third kappa shape index (κ3) is 4.56. The number of para-hydroxylation sites is 1. The Hall–Kier alpha value is -2.89. The second-order valence-electron chi connectivity index (χ2n) is 5.96. The number of ether oxygens (including phenoxy) is 1. The van der Waals surface area contributed by atoms with E-state index in [2.05, 4.69) is 10.4 Å². The fourth-order valence-electron chi connectivity index (χ4n) is 2.55. The molecular formula is C19H23N3O3. The number of aryl methyl sites for hydroxylation is 4. The Bertz CT molecular complexity index is 814. The van der Waals surface area contributed by atoms with Crippen molar-refractivity contribution < 1.29 is 14.3 Å². The van der Waals surface area contributed by atoms with Gasteiger partial charge in [0.15, 0.2) is 6.61 Å². The molecule has 1 aromatic carbocycles. The lowest BCUT2D eigenvalue weighted by Gasteiger charge is -2.11. The van der Waals surface area contributed by atoms with E-state index in [0.29, 0.717) is 0 Å². The average molecular weight is 341 g/mol. The minimum absolute atomic E-state index is 0.331. The molecule has 0 bridgehead atoms. The van der Waals surface area contributed by atoms with E-state index in [4.69, 9.17) is 4.74 Å². The van der Waals surface area contributed by atoms with Gasteiger partial charge in [-0.2, -0.15) is 5.10 Å². The maximum atomic E-state index is 12.0. The predicted molar refractivity (Wildman–Crippen MR) is 97.2 cm³/mol. The molecule has 132 valence electrons. The zero-order chi connectivity index (χ0) is 18.6. The van der Waals surface area contributed by atoms with Gasteiger partial charge in [-0.05, 0) is 44.9 Å². The second-order valence-corrected chi connectivity index (χ2v) is 5.96. The number of carbonyl (C=O) groups is 2. The molecule has 0 radical (unpaired) electrons. The minimum atomic E-state index is -0.570. The summed E-state index contributed by atoms with van der Waals surface area (Å²) in [5.41, 5.74) is 5.33. The highest BCUT2D eigenvalue weighted by Crippen LogP contribution is 2.19. The van der Waals surface area contributed by atoms with Crippen LogP contribution in [0.2, 0.25) is 0 Å². The molecule has 0 spiro atoms. The van der Waals surface area contributed by atoms with Crippen LogP contribution in [0.1, 0.15) is 28.1 Å². The van der Waals surface area contributed by atoms with Crippen molar-refractivity contribution in [3.63, 3.8) is 0 Å². The van der Waals surface area contributed by atoms with Crippen LogP contribution in [0.3, 0.4) is 0 Å². The van der Waals surface area contributed by atoms with Crippen LogP contribution < -0.4 is 5.32 Å². The number of aromatic nitrogens is 2. The van der Waals surface area contributed by atoms with Gasteiger partial charge in [0.1, 0.15) is 0 Å². The highest BCUT2D eigenvalue weighted by molar-refractivity contribution is 5.95. The molecular weight excluding hydrogens is 318 g/mol. The minimum Gasteiger partial charge on any atom is -0.452 e. The van der Waals surface area contributed by atoms with Gasteiger partial charge in [-0.15, -0.1) is 0 Å². The fourth-order valence-corrected chi connectivity index (χ4v) is 2.55. The highest BCUT2D eigenvalue weighted by Gasteiger charge is 2.10. The van der Waals surface area contributed by atoms with Gasteiger partial charge in [0, 0.05) is 30.1 Å². The quantitative estimate of drug-likeness (QED) is 0.670. The first-order valence-electron chi connectivity index (χ1n) is 8.00. The smallest absolute Gasteiger partial charge is 0.331 e. The van der Waals surface area contributed by atoms with Gasteiger partial charge in [0.25, 0.3) is 5.91 Å². The topological polar surface area (TPSA) is 73.2 Å². The van der Waals surface area contributed by atoms with Crippen molar-refractivity contribution in [3.05, 3.63) is 52.4 Å². The summed E-state index contributed by atoms with van der Waals surface area (Å²) < 4.78 is 6.75. The summed E-state index contributed by atoms with van der Waals surface area (Å²) in [5.74, 6) is -0.938. The molecule has 0 unspecified atom stereocenters. The normalized spacial score (nSPS) is 10.9. The van der Waals surface area contributed by atoms with Crippen molar-refractivity contribution in [3.8, 4) is 0 Å². The van der Waals surface area contributed by atoms with Crippen LogP contribution in [0, 0.1) is 27.7 Å². The molecule has 0 saturated carbocycles. The number of esters is 1. The molecule has 2 rings (SSSR count). The van der Waals surface area contributed by atoms with Crippen LogP contribution >= 0.6 is 0 Å². The lowest BCUT2D eigenvalue weighted by atomic mass is 10.1. The highest BCUT2D eigenvalue weighted by atomic mass is 16.5. The maximum Gasteiger partial charge on any atom is 0.331 e. The van der Waals surface area contributed by atoms with Gasteiger partial charge >= 0.3 is 5.97 Å². The Morgan fingerprint density at radius 3 is 2.40 bits per heavy atom. The van der Waals surface area contributed by atoms with Crippen LogP contribution in [0.5, 0.6) is 0 Å². The van der Waals surface area contributed by atoms with Crippen LogP contribution in [-0.4, -0.2) is 28.3 Å². The van der Waals surface area contributed by atoms with Crippen molar-refractivity contribution in [2.45, 2.75) is 27.7 Å². The largest absolute Gasteiger partial charge is 0.452 e. The second kappa shape index (κ2) is 7.79. The molecule has 0 aliphatic heterocycles. The van der Waals surface area contributed by atoms with E-state index in [-0.39, 0.29) is 12.5 Å². The molecule has 0 atom stereocenters. The number of nitrogens with one attached hydrogen (secondary N) is 1. The number of anilines is 1. The average Bonchev–Trinajstić information content (AvgIpc) is 2.80. The van der Waals surface area contributed by atoms with E-state index in [1.807, 2.05) is 52.9 Å². The van der Waals surface area contributed by atoms with Crippen LogP contribution in [0.25, 0.3) is 6.08 Å². The molecule has 6 heteroatoms. The molecule has 25 heavy (non-hydrogen) atoms. The van der Waals surface area contributed by atoms with E-state index >= 15 is 0 Å². The number of hydrogen-bond donors (Lipinski definition) is 1. The van der Waals surface area contributed by atoms with Crippen LogP contribution in [0.4, 0.5) is 5.69 Å². The molecule has 6 nitrogen and oxygen atoms in total. The zero-order valence-electron chi connectivity index (χ0n) is 15.2. The van der Waals surface area contributed by atoms with E-state index < -0.39 is 5.97 Å². The molecule has 0 aliphatic carbocycles. The van der Waals surface area contributed by atoms with E-state index in [1.54, 1.807) is 10.8 Å². The summed E-state index contributed by atoms with van der Waals surface area (Å²) in [6, 6.07) is 5.75. The molecule has 1 amide bonds. The molecule has 0 aliphatic rings. The number of hydrogen-bond acceptors (Lipinski definition) is 4. The van der Waals surface area contributed by atoms with Crippen molar-refractivity contribution in [1.82, 2.24) is 9.78 Å². The van der Waals surface area contributed by atoms with E-state index in [1.165, 1.54) is 6.08 Å². The summed E-state index contributed by atoms with van der Waals surface area (Å²) in [7, 11) is 1.84. The Labute approximate surface area is 147 Å². The number of benzene rings is 1. The van der Waals surface area contributed by atoms with Crippen molar-refractivity contribution in [1.29, 1.82) is 0 Å². The number of nitrogens with zero attached hydrogens (tertiary/aromatic N) is 2. The summed E-state index contributed by atoms with van der Waals surface area (Å²) in [6.45, 7) is 7.28. The number of rotatable bonds is 5. The first-order chi connectivity index (χ1) is 11.8. The van der Waals surface area contributed by atoms with Crippen LogP contribution in [0.15, 0.2) is 24.3 Å². The summed E-state index contributed by atoms with van der Waals surface area (Å²) in [6.07, 6.45) is 2.96. The number of carbonyl (C=O) groups excluding carboxylic acids is 2. The van der Waals surface area contributed by atoms with Gasteiger partial charge in [0.05, 0.1) is 5.69 Å². The molecule has 1 aromatic heterocycles. The van der Waals surface area contributed by atoms with Crippen molar-refractivity contribution in [2.24, 2.45) is 7.05 Å². The van der Waals surface area contributed by atoms with Crippen molar-refractivity contribution >= 4 is 23.6 Å². The lowest BCUT2D eigenvalue weighted by molar-refractivity contribution is -0.142. The Balaban J connectivity index is 1.91. The monoisotopic (exact) mass is 341 g/mol. The van der Waals surface area contributed by atoms with E-state index in [9.17, 15) is 9.59 Å². The van der Waals surface area contributed by atoms with E-state index in [0.717, 1.165) is 33.8 Å². The molecule has 1 N–H and O–H groups in total. The van der Waals surface area contributed by atoms with Gasteiger partial charge in [-0.3, -0.25) is 9.48 Å². The molecule has 0 saturated heterocycles. The standard InChI is InChI=1S/C19H23N3O3/c1-12-7-6-8-13(2)19(12)20-17(23)11-25-18(24)10-9-16-14(3)21-22(5)15(16)4/h6-10H,11H2,1-5H3,(H,20,23)/b10-9+. The molecule has 1 heterocycles. The predicted octanol–water partition coefficient (Wildman–Crippen LogP) is 2.85.